The second-order valence-corrected chi connectivity index (χ2v) is 6.58. The molecule has 0 aliphatic heterocycles. The normalized spacial score (nSPS) is 11.6. The van der Waals surface area contributed by atoms with Crippen LogP contribution in [-0.4, -0.2) is 15.0 Å². The van der Waals surface area contributed by atoms with Crippen molar-refractivity contribution in [2.24, 2.45) is 0 Å². The van der Waals surface area contributed by atoms with E-state index in [-0.39, 0.29) is 11.4 Å². The number of hydrogen-bond acceptors (Lipinski definition) is 3. The fourth-order valence-electron chi connectivity index (χ4n) is 1.78. The summed E-state index contributed by atoms with van der Waals surface area (Å²) in [6, 6.07) is 10.6. The summed E-state index contributed by atoms with van der Waals surface area (Å²) >= 11 is 5.76. The zero-order valence-electron chi connectivity index (χ0n) is 12.3. The molecule has 0 atom stereocenters. The number of halogens is 2. The van der Waals surface area contributed by atoms with Crippen molar-refractivity contribution in [3.8, 4) is 5.75 Å². The van der Waals surface area contributed by atoms with E-state index in [1.807, 2.05) is 0 Å². The van der Waals surface area contributed by atoms with Crippen LogP contribution in [0, 0.1) is 5.82 Å². The monoisotopic (exact) mass is 355 g/mol. The number of anilines is 1. The van der Waals surface area contributed by atoms with Crippen LogP contribution in [-0.2, 0) is 10.0 Å². The van der Waals surface area contributed by atoms with Crippen LogP contribution < -0.4 is 9.46 Å². The lowest BCUT2D eigenvalue weighted by Crippen LogP contribution is -2.09. The Kier molecular flexibility index (Phi) is 5.63. The Bertz CT molecular complexity index is 805. The molecule has 0 aromatic heterocycles. The molecule has 0 saturated carbocycles. The van der Waals surface area contributed by atoms with E-state index < -0.39 is 15.8 Å². The lowest BCUT2D eigenvalue weighted by atomic mass is 10.2. The van der Waals surface area contributed by atoms with Gasteiger partial charge in [0.1, 0.15) is 0 Å². The van der Waals surface area contributed by atoms with Crippen molar-refractivity contribution in [2.45, 2.75) is 6.92 Å². The Morgan fingerprint density at radius 3 is 2.52 bits per heavy atom. The number of ether oxygens (including phenoxy) is 1. The van der Waals surface area contributed by atoms with Crippen LogP contribution >= 0.6 is 11.6 Å². The number of hydrogen-bond donors (Lipinski definition) is 1. The molecule has 7 heteroatoms. The van der Waals surface area contributed by atoms with Gasteiger partial charge in [-0.05, 0) is 42.8 Å². The lowest BCUT2D eigenvalue weighted by Gasteiger charge is -2.08. The molecule has 0 heterocycles. The fraction of sp³-hybridized carbons (Fsp3) is 0.125. The van der Waals surface area contributed by atoms with E-state index in [1.165, 1.54) is 18.2 Å². The van der Waals surface area contributed by atoms with Gasteiger partial charge in [0.15, 0.2) is 11.6 Å². The van der Waals surface area contributed by atoms with Crippen LogP contribution in [0.5, 0.6) is 5.75 Å². The van der Waals surface area contributed by atoms with Crippen LogP contribution in [0.1, 0.15) is 12.5 Å². The van der Waals surface area contributed by atoms with E-state index in [4.69, 9.17) is 16.3 Å². The maximum absolute atomic E-state index is 13.7. The van der Waals surface area contributed by atoms with Crippen LogP contribution in [0.3, 0.4) is 0 Å². The molecule has 2 rings (SSSR count). The first-order chi connectivity index (χ1) is 10.9. The number of nitrogens with one attached hydrogen (secondary N) is 1. The Morgan fingerprint density at radius 2 is 1.91 bits per heavy atom. The van der Waals surface area contributed by atoms with Crippen molar-refractivity contribution in [3.05, 3.63) is 64.3 Å². The van der Waals surface area contributed by atoms with Crippen LogP contribution in [0.4, 0.5) is 10.1 Å². The van der Waals surface area contributed by atoms with Gasteiger partial charge in [0.25, 0.3) is 10.0 Å². The highest BCUT2D eigenvalue weighted by Crippen LogP contribution is 2.22. The van der Waals surface area contributed by atoms with Crippen molar-refractivity contribution in [2.75, 3.05) is 11.3 Å². The van der Waals surface area contributed by atoms with E-state index >= 15 is 0 Å². The first-order valence-corrected chi connectivity index (χ1v) is 8.71. The van der Waals surface area contributed by atoms with Gasteiger partial charge in [0.05, 0.1) is 17.7 Å². The van der Waals surface area contributed by atoms with Crippen molar-refractivity contribution in [1.82, 2.24) is 0 Å². The van der Waals surface area contributed by atoms with Crippen molar-refractivity contribution >= 4 is 33.4 Å². The van der Waals surface area contributed by atoms with Crippen LogP contribution in [0.25, 0.3) is 6.08 Å². The number of sulfonamides is 1. The van der Waals surface area contributed by atoms with Gasteiger partial charge in [-0.2, -0.15) is 0 Å². The average Bonchev–Trinajstić information content (AvgIpc) is 2.49. The molecule has 1 N–H and O–H groups in total. The summed E-state index contributed by atoms with van der Waals surface area (Å²) in [7, 11) is -3.76. The molecule has 0 bridgehead atoms. The first kappa shape index (κ1) is 17.3. The molecular weight excluding hydrogens is 341 g/mol. The Hall–Kier alpha value is -2.05. The quantitative estimate of drug-likeness (QED) is 0.840. The van der Waals surface area contributed by atoms with E-state index in [2.05, 4.69) is 4.72 Å². The van der Waals surface area contributed by atoms with Crippen molar-refractivity contribution in [3.63, 3.8) is 0 Å². The second kappa shape index (κ2) is 7.48. The van der Waals surface area contributed by atoms with Gasteiger partial charge >= 0.3 is 0 Å². The van der Waals surface area contributed by atoms with E-state index in [1.54, 1.807) is 31.2 Å². The smallest absolute Gasteiger partial charge is 0.255 e. The first-order valence-electron chi connectivity index (χ1n) is 6.78. The maximum Gasteiger partial charge on any atom is 0.255 e. The third-order valence-electron chi connectivity index (χ3n) is 2.80. The molecule has 0 aliphatic carbocycles. The van der Waals surface area contributed by atoms with Crippen molar-refractivity contribution in [1.29, 1.82) is 0 Å². The van der Waals surface area contributed by atoms with Gasteiger partial charge in [-0.1, -0.05) is 23.7 Å². The minimum absolute atomic E-state index is 0.0761. The van der Waals surface area contributed by atoms with E-state index in [9.17, 15) is 12.8 Å². The third-order valence-corrected chi connectivity index (χ3v) is 4.07. The zero-order chi connectivity index (χ0) is 16.9. The molecule has 2 aromatic rings. The largest absolute Gasteiger partial charge is 0.491 e. The lowest BCUT2D eigenvalue weighted by molar-refractivity contribution is 0.321. The summed E-state index contributed by atoms with van der Waals surface area (Å²) in [6.45, 7) is 2.06. The summed E-state index contributed by atoms with van der Waals surface area (Å²) in [4.78, 5) is 0. The molecular formula is C16H15ClFNO3S. The summed E-state index contributed by atoms with van der Waals surface area (Å²) in [5.41, 5.74) is 0.796. The topological polar surface area (TPSA) is 55.4 Å². The Morgan fingerprint density at radius 1 is 1.22 bits per heavy atom. The summed E-state index contributed by atoms with van der Waals surface area (Å²) in [6.07, 6.45) is 1.42. The molecule has 0 unspecified atom stereocenters. The van der Waals surface area contributed by atoms with E-state index in [0.717, 1.165) is 11.5 Å². The molecule has 0 aliphatic rings. The highest BCUT2D eigenvalue weighted by molar-refractivity contribution is 7.95. The molecule has 2 aromatic carbocycles. The van der Waals surface area contributed by atoms with Crippen LogP contribution in [0.15, 0.2) is 47.9 Å². The molecule has 4 nitrogen and oxygen atoms in total. The van der Waals surface area contributed by atoms with Gasteiger partial charge < -0.3 is 4.74 Å². The molecule has 0 spiro atoms. The van der Waals surface area contributed by atoms with Gasteiger partial charge in [0, 0.05) is 11.1 Å². The number of benzene rings is 2. The summed E-state index contributed by atoms with van der Waals surface area (Å²) in [5, 5.41) is 1.57. The van der Waals surface area contributed by atoms with Gasteiger partial charge in [-0.3, -0.25) is 4.72 Å². The predicted molar refractivity (Wildman–Crippen MR) is 90.6 cm³/mol. The van der Waals surface area contributed by atoms with Crippen LogP contribution in [0.2, 0.25) is 5.02 Å². The zero-order valence-corrected chi connectivity index (χ0v) is 13.9. The Balaban J connectivity index is 2.11. The highest BCUT2D eigenvalue weighted by Gasteiger charge is 2.09. The standard InChI is InChI=1S/C16H15ClFNO3S/c1-2-22-16-8-7-14(11-15(16)18)19-23(20,21)10-9-12-3-5-13(17)6-4-12/h3-11,19H,2H2,1H3. The molecule has 0 radical (unpaired) electrons. The fourth-order valence-corrected chi connectivity index (χ4v) is 2.76. The molecule has 122 valence electrons. The highest BCUT2D eigenvalue weighted by atomic mass is 35.5. The van der Waals surface area contributed by atoms with Gasteiger partial charge in [-0.15, -0.1) is 0 Å². The molecule has 23 heavy (non-hydrogen) atoms. The predicted octanol–water partition coefficient (Wildman–Crippen LogP) is 4.29. The second-order valence-electron chi connectivity index (χ2n) is 4.58. The van der Waals surface area contributed by atoms with Gasteiger partial charge in [-0.25, -0.2) is 12.8 Å². The minimum atomic E-state index is -3.76. The summed E-state index contributed by atoms with van der Waals surface area (Å²) < 4.78 is 45.0. The van der Waals surface area contributed by atoms with E-state index in [0.29, 0.717) is 17.2 Å². The van der Waals surface area contributed by atoms with Crippen molar-refractivity contribution < 1.29 is 17.5 Å². The molecule has 0 saturated heterocycles. The third kappa shape index (κ3) is 5.26. The number of rotatable bonds is 6. The molecule has 0 fully saturated rings. The minimum Gasteiger partial charge on any atom is -0.491 e. The average molecular weight is 356 g/mol. The van der Waals surface area contributed by atoms with Gasteiger partial charge in [0.2, 0.25) is 0 Å². The molecule has 0 amide bonds. The Labute approximate surface area is 139 Å². The SMILES string of the molecule is CCOc1ccc(NS(=O)(=O)C=Cc2ccc(Cl)cc2)cc1F. The summed E-state index contributed by atoms with van der Waals surface area (Å²) in [5.74, 6) is -0.555. The maximum atomic E-state index is 13.7.